The van der Waals surface area contributed by atoms with Gasteiger partial charge in [-0.25, -0.2) is 4.79 Å². The fraction of sp³-hybridized carbons (Fsp3) is 0.231. The second-order valence-electron chi connectivity index (χ2n) is 3.54. The van der Waals surface area contributed by atoms with E-state index in [1.54, 1.807) is 37.4 Å². The van der Waals surface area contributed by atoms with Crippen LogP contribution in [0.5, 0.6) is 5.75 Å². The highest BCUT2D eigenvalue weighted by atomic mass is 19.1. The number of rotatable bonds is 4. The lowest BCUT2D eigenvalue weighted by Crippen LogP contribution is -2.24. The normalized spacial score (nSPS) is 12.1. The number of hydrogen-bond acceptors (Lipinski definition) is 4. The monoisotopic (exact) mass is 249 g/mol. The number of alkyl halides is 1. The number of halogens is 1. The Morgan fingerprint density at radius 3 is 3.06 bits per heavy atom. The number of nitrogens with zero attached hydrogens (tertiary/aromatic N) is 1. The zero-order valence-electron chi connectivity index (χ0n) is 9.80. The highest BCUT2D eigenvalue weighted by Gasteiger charge is 2.20. The molecule has 0 spiro atoms. The summed E-state index contributed by atoms with van der Waals surface area (Å²) in [5.74, 6) is -0.791. The van der Waals surface area contributed by atoms with Crippen molar-refractivity contribution in [2.45, 2.75) is 13.3 Å². The van der Waals surface area contributed by atoms with E-state index < -0.39 is 12.3 Å². The molecule has 1 unspecified atom stereocenters. The molecule has 0 bridgehead atoms. The number of fused-ring (bicyclic) bond motifs is 1. The Labute approximate surface area is 103 Å². The average Bonchev–Trinajstić information content (AvgIpc) is 2.39. The molecule has 4 nitrogen and oxygen atoms in total. The number of hydrogen-bond donors (Lipinski definition) is 0. The van der Waals surface area contributed by atoms with E-state index in [4.69, 9.17) is 4.74 Å². The number of aromatic nitrogens is 1. The molecule has 1 aromatic carbocycles. The molecule has 1 atom stereocenters. The van der Waals surface area contributed by atoms with Crippen molar-refractivity contribution in [2.24, 2.45) is 0 Å². The Bertz CT molecular complexity index is 559. The summed E-state index contributed by atoms with van der Waals surface area (Å²) in [6.45, 7) is 1.71. The van der Waals surface area contributed by atoms with E-state index in [2.05, 4.69) is 9.72 Å². The third kappa shape index (κ3) is 2.74. The summed E-state index contributed by atoms with van der Waals surface area (Å²) < 4.78 is 22.7. The van der Waals surface area contributed by atoms with Gasteiger partial charge in [0.1, 0.15) is 5.75 Å². The van der Waals surface area contributed by atoms with Gasteiger partial charge < -0.3 is 9.47 Å². The van der Waals surface area contributed by atoms with Crippen LogP contribution < -0.4 is 4.74 Å². The Morgan fingerprint density at radius 2 is 2.28 bits per heavy atom. The molecule has 0 aliphatic heterocycles. The second-order valence-corrected chi connectivity index (χ2v) is 3.54. The van der Waals surface area contributed by atoms with Crippen LogP contribution >= 0.6 is 0 Å². The van der Waals surface area contributed by atoms with Crippen LogP contribution in [0.15, 0.2) is 36.5 Å². The maximum atomic E-state index is 13.4. The molecule has 0 N–H and O–H groups in total. The predicted molar refractivity (Wildman–Crippen MR) is 63.9 cm³/mol. The molecule has 0 saturated heterocycles. The Kier molecular flexibility index (Phi) is 3.72. The van der Waals surface area contributed by atoms with Crippen molar-refractivity contribution in [1.82, 2.24) is 4.98 Å². The van der Waals surface area contributed by atoms with Crippen molar-refractivity contribution < 1.29 is 18.7 Å². The van der Waals surface area contributed by atoms with E-state index in [-0.39, 0.29) is 12.4 Å². The van der Waals surface area contributed by atoms with Crippen LogP contribution in [0.4, 0.5) is 4.39 Å². The van der Waals surface area contributed by atoms with Crippen LogP contribution in [0.3, 0.4) is 0 Å². The molecule has 0 saturated carbocycles. The van der Waals surface area contributed by atoms with Crippen molar-refractivity contribution in [3.63, 3.8) is 0 Å². The summed E-state index contributed by atoms with van der Waals surface area (Å²) in [5, 5.41) is 0.913. The SMILES string of the molecule is CCOC(=O)C(F)Oc1ccc2cccnc2c1. The first-order valence-electron chi connectivity index (χ1n) is 5.53. The van der Waals surface area contributed by atoms with Gasteiger partial charge in [0, 0.05) is 17.6 Å². The largest absolute Gasteiger partial charge is 0.461 e. The fourth-order valence-electron chi connectivity index (χ4n) is 1.49. The van der Waals surface area contributed by atoms with Gasteiger partial charge in [-0.3, -0.25) is 4.98 Å². The molecule has 0 radical (unpaired) electrons. The predicted octanol–water partition coefficient (Wildman–Crippen LogP) is 2.47. The van der Waals surface area contributed by atoms with Crippen LogP contribution in [0.25, 0.3) is 10.9 Å². The Hall–Kier alpha value is -2.17. The fourth-order valence-corrected chi connectivity index (χ4v) is 1.49. The molecular formula is C13H12FNO3. The lowest BCUT2D eigenvalue weighted by Gasteiger charge is -2.10. The molecule has 18 heavy (non-hydrogen) atoms. The second kappa shape index (κ2) is 5.44. The highest BCUT2D eigenvalue weighted by molar-refractivity contribution is 5.80. The van der Waals surface area contributed by atoms with Crippen molar-refractivity contribution in [3.05, 3.63) is 36.5 Å². The third-order valence-electron chi connectivity index (χ3n) is 2.29. The molecule has 1 heterocycles. The number of pyridine rings is 1. The van der Waals surface area contributed by atoms with Crippen LogP contribution in [-0.2, 0) is 9.53 Å². The quantitative estimate of drug-likeness (QED) is 0.781. The molecule has 5 heteroatoms. The van der Waals surface area contributed by atoms with Gasteiger partial charge in [-0.2, -0.15) is 4.39 Å². The van der Waals surface area contributed by atoms with Gasteiger partial charge in [0.2, 0.25) is 0 Å². The van der Waals surface area contributed by atoms with E-state index in [1.165, 1.54) is 0 Å². The standard InChI is InChI=1S/C13H12FNO3/c1-2-17-13(16)12(14)18-10-6-5-9-4-3-7-15-11(9)8-10/h3-8,12H,2H2,1H3. The van der Waals surface area contributed by atoms with E-state index in [9.17, 15) is 9.18 Å². The molecule has 0 amide bonds. The smallest absolute Gasteiger partial charge is 0.381 e. The van der Waals surface area contributed by atoms with Crippen LogP contribution in [-0.4, -0.2) is 23.9 Å². The van der Waals surface area contributed by atoms with Gasteiger partial charge in [-0.15, -0.1) is 0 Å². The highest BCUT2D eigenvalue weighted by Crippen LogP contribution is 2.20. The van der Waals surface area contributed by atoms with E-state index in [1.807, 2.05) is 6.07 Å². The number of benzene rings is 1. The zero-order chi connectivity index (χ0) is 13.0. The average molecular weight is 249 g/mol. The molecule has 0 aliphatic rings. The Morgan fingerprint density at radius 1 is 1.44 bits per heavy atom. The minimum Gasteiger partial charge on any atom is -0.461 e. The van der Waals surface area contributed by atoms with E-state index in [0.29, 0.717) is 5.52 Å². The molecule has 94 valence electrons. The molecule has 2 rings (SSSR count). The summed E-state index contributed by atoms with van der Waals surface area (Å²) in [4.78, 5) is 15.2. The molecule has 1 aromatic heterocycles. The molecule has 2 aromatic rings. The summed E-state index contributed by atoms with van der Waals surface area (Å²) in [6.07, 6.45) is -0.490. The Balaban J connectivity index is 2.14. The van der Waals surface area contributed by atoms with Gasteiger partial charge in [0.05, 0.1) is 12.1 Å². The van der Waals surface area contributed by atoms with Crippen molar-refractivity contribution in [3.8, 4) is 5.75 Å². The van der Waals surface area contributed by atoms with Crippen molar-refractivity contribution in [1.29, 1.82) is 0 Å². The van der Waals surface area contributed by atoms with Gasteiger partial charge in [-0.05, 0) is 25.1 Å². The lowest BCUT2D eigenvalue weighted by molar-refractivity contribution is -0.159. The van der Waals surface area contributed by atoms with Crippen LogP contribution in [0, 0.1) is 0 Å². The van der Waals surface area contributed by atoms with Crippen molar-refractivity contribution >= 4 is 16.9 Å². The lowest BCUT2D eigenvalue weighted by atomic mass is 10.2. The topological polar surface area (TPSA) is 48.4 Å². The summed E-state index contributed by atoms with van der Waals surface area (Å²) in [7, 11) is 0. The number of esters is 1. The first-order chi connectivity index (χ1) is 8.70. The first kappa shape index (κ1) is 12.3. The van der Waals surface area contributed by atoms with Gasteiger partial charge in [-0.1, -0.05) is 6.07 Å². The number of ether oxygens (including phenoxy) is 2. The number of carbonyl (C=O) groups excluding carboxylic acids is 1. The minimum atomic E-state index is -2.12. The minimum absolute atomic E-state index is 0.113. The summed E-state index contributed by atoms with van der Waals surface area (Å²) >= 11 is 0. The van der Waals surface area contributed by atoms with Gasteiger partial charge in [0.15, 0.2) is 0 Å². The summed E-state index contributed by atoms with van der Waals surface area (Å²) in [5.41, 5.74) is 0.672. The zero-order valence-corrected chi connectivity index (χ0v) is 9.80. The van der Waals surface area contributed by atoms with E-state index >= 15 is 0 Å². The van der Waals surface area contributed by atoms with Gasteiger partial charge in [0.25, 0.3) is 0 Å². The van der Waals surface area contributed by atoms with E-state index in [0.717, 1.165) is 5.39 Å². The maximum absolute atomic E-state index is 13.4. The molecule has 0 fully saturated rings. The first-order valence-corrected chi connectivity index (χ1v) is 5.53. The maximum Gasteiger partial charge on any atom is 0.381 e. The molecular weight excluding hydrogens is 237 g/mol. The molecule has 0 aliphatic carbocycles. The van der Waals surface area contributed by atoms with Gasteiger partial charge >= 0.3 is 12.3 Å². The van der Waals surface area contributed by atoms with Crippen LogP contribution in [0.2, 0.25) is 0 Å². The van der Waals surface area contributed by atoms with Crippen LogP contribution in [0.1, 0.15) is 6.92 Å². The summed E-state index contributed by atoms with van der Waals surface area (Å²) in [6, 6.07) is 8.58. The number of carbonyl (C=O) groups is 1. The third-order valence-corrected chi connectivity index (χ3v) is 2.29. The van der Waals surface area contributed by atoms with Crippen molar-refractivity contribution in [2.75, 3.05) is 6.61 Å².